The molecule has 0 saturated carbocycles. The van der Waals surface area contributed by atoms with Gasteiger partial charge < -0.3 is 4.74 Å². The van der Waals surface area contributed by atoms with Crippen LogP contribution in [0.3, 0.4) is 0 Å². The molecule has 19 heavy (non-hydrogen) atoms. The van der Waals surface area contributed by atoms with E-state index < -0.39 is 9.84 Å². The zero-order valence-electron chi connectivity index (χ0n) is 10.8. The molecule has 0 N–H and O–H groups in total. The fraction of sp³-hybridized carbons (Fsp3) is 0.571. The van der Waals surface area contributed by atoms with Gasteiger partial charge in [-0.1, -0.05) is 18.2 Å². The van der Waals surface area contributed by atoms with Gasteiger partial charge in [-0.15, -0.1) is 11.6 Å². The average molecular weight is 303 g/mol. The molecule has 1 aliphatic heterocycles. The van der Waals surface area contributed by atoms with Crippen molar-refractivity contribution in [3.05, 3.63) is 30.3 Å². The molecular weight excluding hydrogens is 284 g/mol. The van der Waals surface area contributed by atoms with E-state index in [9.17, 15) is 8.42 Å². The quantitative estimate of drug-likeness (QED) is 0.759. The van der Waals surface area contributed by atoms with Crippen LogP contribution in [0.5, 0.6) is 5.75 Å². The molecule has 1 fully saturated rings. The van der Waals surface area contributed by atoms with Crippen molar-refractivity contribution >= 4 is 21.4 Å². The summed E-state index contributed by atoms with van der Waals surface area (Å²) < 4.78 is 28.6. The number of rotatable bonds is 6. The molecule has 0 bridgehead atoms. The number of para-hydroxylation sites is 1. The Balaban J connectivity index is 1.80. The SMILES string of the molecule is O=S1(=O)CCC(C(CCl)CCOc2ccccc2)C1. The van der Waals surface area contributed by atoms with E-state index in [1.165, 1.54) is 0 Å². The zero-order chi connectivity index (χ0) is 13.7. The Morgan fingerprint density at radius 1 is 1.32 bits per heavy atom. The molecule has 0 aliphatic carbocycles. The predicted octanol–water partition coefficient (Wildman–Crippen LogP) is 2.75. The van der Waals surface area contributed by atoms with E-state index in [1.54, 1.807) is 0 Å². The number of alkyl halides is 1. The van der Waals surface area contributed by atoms with Gasteiger partial charge in [0.2, 0.25) is 0 Å². The van der Waals surface area contributed by atoms with Crippen molar-refractivity contribution in [1.29, 1.82) is 0 Å². The smallest absolute Gasteiger partial charge is 0.150 e. The Morgan fingerprint density at radius 3 is 2.63 bits per heavy atom. The van der Waals surface area contributed by atoms with E-state index in [4.69, 9.17) is 16.3 Å². The van der Waals surface area contributed by atoms with Crippen LogP contribution >= 0.6 is 11.6 Å². The van der Waals surface area contributed by atoms with Crippen LogP contribution in [0.15, 0.2) is 30.3 Å². The lowest BCUT2D eigenvalue weighted by molar-refractivity contribution is 0.256. The van der Waals surface area contributed by atoms with Gasteiger partial charge in [0, 0.05) is 5.88 Å². The van der Waals surface area contributed by atoms with Crippen LogP contribution in [0.1, 0.15) is 12.8 Å². The Morgan fingerprint density at radius 2 is 2.05 bits per heavy atom. The van der Waals surface area contributed by atoms with Crippen LogP contribution in [-0.4, -0.2) is 32.4 Å². The first-order valence-electron chi connectivity index (χ1n) is 6.55. The lowest BCUT2D eigenvalue weighted by atomic mass is 9.91. The van der Waals surface area contributed by atoms with Crippen molar-refractivity contribution in [3.63, 3.8) is 0 Å². The summed E-state index contributed by atoms with van der Waals surface area (Å²) in [6.07, 6.45) is 1.55. The van der Waals surface area contributed by atoms with E-state index in [1.807, 2.05) is 30.3 Å². The van der Waals surface area contributed by atoms with Crippen LogP contribution in [0.25, 0.3) is 0 Å². The van der Waals surface area contributed by atoms with Gasteiger partial charge in [-0.25, -0.2) is 8.42 Å². The van der Waals surface area contributed by atoms with Crippen molar-refractivity contribution in [2.45, 2.75) is 12.8 Å². The molecule has 1 aromatic rings. The Bertz CT molecular complexity index is 487. The first-order chi connectivity index (χ1) is 9.11. The summed E-state index contributed by atoms with van der Waals surface area (Å²) in [5.74, 6) is 2.36. The molecule has 1 aliphatic rings. The lowest BCUT2D eigenvalue weighted by Gasteiger charge is -2.20. The molecule has 3 nitrogen and oxygen atoms in total. The van der Waals surface area contributed by atoms with E-state index >= 15 is 0 Å². The number of ether oxygens (including phenoxy) is 1. The average Bonchev–Trinajstić information content (AvgIpc) is 2.76. The van der Waals surface area contributed by atoms with Crippen LogP contribution in [0.4, 0.5) is 0 Å². The molecular formula is C14H19ClO3S. The minimum absolute atomic E-state index is 0.196. The van der Waals surface area contributed by atoms with E-state index in [0.717, 1.165) is 18.6 Å². The number of benzene rings is 1. The summed E-state index contributed by atoms with van der Waals surface area (Å²) in [6, 6.07) is 9.62. The fourth-order valence-corrected chi connectivity index (χ4v) is 4.81. The second-order valence-corrected chi connectivity index (χ2v) is 7.57. The molecule has 0 amide bonds. The molecule has 0 spiro atoms. The zero-order valence-corrected chi connectivity index (χ0v) is 12.4. The van der Waals surface area contributed by atoms with E-state index in [0.29, 0.717) is 18.2 Å². The molecule has 1 aromatic carbocycles. The highest BCUT2D eigenvalue weighted by Crippen LogP contribution is 2.29. The highest BCUT2D eigenvalue weighted by Gasteiger charge is 2.33. The molecule has 106 valence electrons. The topological polar surface area (TPSA) is 43.4 Å². The second-order valence-electron chi connectivity index (χ2n) is 5.03. The summed E-state index contributed by atoms with van der Waals surface area (Å²) >= 11 is 5.97. The predicted molar refractivity (Wildman–Crippen MR) is 77.5 cm³/mol. The third-order valence-corrected chi connectivity index (χ3v) is 5.82. The van der Waals surface area contributed by atoms with Crippen LogP contribution in [0.2, 0.25) is 0 Å². The number of hydrogen-bond acceptors (Lipinski definition) is 3. The van der Waals surface area contributed by atoms with Crippen molar-refractivity contribution in [2.24, 2.45) is 11.8 Å². The fourth-order valence-electron chi connectivity index (χ4n) is 2.48. The van der Waals surface area contributed by atoms with E-state index in [2.05, 4.69) is 0 Å². The number of sulfone groups is 1. The third kappa shape index (κ3) is 4.39. The minimum atomic E-state index is -2.83. The minimum Gasteiger partial charge on any atom is -0.494 e. The van der Waals surface area contributed by atoms with Gasteiger partial charge in [0.05, 0.1) is 18.1 Å². The second kappa shape index (κ2) is 6.62. The van der Waals surface area contributed by atoms with Gasteiger partial charge in [0.15, 0.2) is 9.84 Å². The first-order valence-corrected chi connectivity index (χ1v) is 8.90. The lowest BCUT2D eigenvalue weighted by Crippen LogP contribution is -2.20. The molecule has 0 radical (unpaired) electrons. The van der Waals surface area contributed by atoms with Crippen molar-refractivity contribution in [1.82, 2.24) is 0 Å². The maximum absolute atomic E-state index is 11.5. The van der Waals surface area contributed by atoms with Gasteiger partial charge in [0.1, 0.15) is 5.75 Å². The molecule has 5 heteroatoms. The number of hydrogen-bond donors (Lipinski definition) is 0. The molecule has 2 atom stereocenters. The van der Waals surface area contributed by atoms with Crippen LogP contribution in [-0.2, 0) is 9.84 Å². The van der Waals surface area contributed by atoms with Crippen LogP contribution in [0, 0.1) is 11.8 Å². The highest BCUT2D eigenvalue weighted by atomic mass is 35.5. The van der Waals surface area contributed by atoms with Crippen LogP contribution < -0.4 is 4.74 Å². The Hall–Kier alpha value is -0.740. The standard InChI is InChI=1S/C14H19ClO3S/c15-10-12(13-7-9-19(16,17)11-13)6-8-18-14-4-2-1-3-5-14/h1-5,12-13H,6-11H2. The Labute approximate surface area is 119 Å². The summed E-state index contributed by atoms with van der Waals surface area (Å²) in [7, 11) is -2.83. The van der Waals surface area contributed by atoms with Crippen molar-refractivity contribution in [2.75, 3.05) is 24.0 Å². The summed E-state index contributed by atoms with van der Waals surface area (Å²) in [4.78, 5) is 0. The summed E-state index contributed by atoms with van der Waals surface area (Å²) in [5, 5.41) is 0. The molecule has 2 rings (SSSR count). The number of halogens is 1. The van der Waals surface area contributed by atoms with Gasteiger partial charge in [-0.2, -0.15) is 0 Å². The highest BCUT2D eigenvalue weighted by molar-refractivity contribution is 7.91. The Kier molecular flexibility index (Phi) is 5.11. The van der Waals surface area contributed by atoms with Gasteiger partial charge >= 0.3 is 0 Å². The van der Waals surface area contributed by atoms with Gasteiger partial charge in [-0.3, -0.25) is 0 Å². The molecule has 1 saturated heterocycles. The normalized spacial score (nSPS) is 23.1. The monoisotopic (exact) mass is 302 g/mol. The summed E-state index contributed by atoms with van der Waals surface area (Å²) in [6.45, 7) is 0.581. The summed E-state index contributed by atoms with van der Waals surface area (Å²) in [5.41, 5.74) is 0. The van der Waals surface area contributed by atoms with Gasteiger partial charge in [-0.05, 0) is 36.8 Å². The van der Waals surface area contributed by atoms with Crippen molar-refractivity contribution in [3.8, 4) is 5.75 Å². The molecule has 1 heterocycles. The molecule has 2 unspecified atom stereocenters. The van der Waals surface area contributed by atoms with E-state index in [-0.39, 0.29) is 17.6 Å². The third-order valence-electron chi connectivity index (χ3n) is 3.63. The maximum atomic E-state index is 11.5. The molecule has 0 aromatic heterocycles. The van der Waals surface area contributed by atoms with Crippen molar-refractivity contribution < 1.29 is 13.2 Å². The maximum Gasteiger partial charge on any atom is 0.150 e. The largest absolute Gasteiger partial charge is 0.494 e. The first kappa shape index (κ1) is 14.7. The van der Waals surface area contributed by atoms with Gasteiger partial charge in [0.25, 0.3) is 0 Å².